The van der Waals surface area contributed by atoms with Gasteiger partial charge in [0.25, 0.3) is 0 Å². The normalized spacial score (nSPS) is 12.3. The molecule has 0 saturated heterocycles. The molecule has 0 aliphatic carbocycles. The molecule has 144 valence electrons. The Hall–Kier alpha value is -1.91. The minimum Gasteiger partial charge on any atom is -0.371 e. The van der Waals surface area contributed by atoms with E-state index in [0.717, 1.165) is 34.6 Å². The summed E-state index contributed by atoms with van der Waals surface area (Å²) in [7, 11) is 0. The van der Waals surface area contributed by atoms with Crippen LogP contribution in [0.15, 0.2) is 30.3 Å². The molecule has 2 aromatic heterocycles. The fourth-order valence-corrected chi connectivity index (χ4v) is 3.28. The summed E-state index contributed by atoms with van der Waals surface area (Å²) < 4.78 is 8.05. The zero-order valence-corrected chi connectivity index (χ0v) is 17.8. The van der Waals surface area contributed by atoms with Crippen molar-refractivity contribution >= 4 is 17.2 Å². The van der Waals surface area contributed by atoms with Gasteiger partial charge in [0.2, 0.25) is 0 Å². The van der Waals surface area contributed by atoms with Gasteiger partial charge in [0.15, 0.2) is 5.65 Å². The first kappa shape index (κ1) is 19.8. The highest BCUT2D eigenvalue weighted by molar-refractivity contribution is 6.30. The molecule has 4 nitrogen and oxygen atoms in total. The summed E-state index contributed by atoms with van der Waals surface area (Å²) in [5.74, 6) is 0.502. The first-order valence-corrected chi connectivity index (χ1v) is 9.80. The predicted octanol–water partition coefficient (Wildman–Crippen LogP) is 5.87. The SMILES string of the molecule is Cc1nc2cc(-c3cccc(Cl)c3)nn2c(CC(C)C)c1COC(C)(C)C. The maximum atomic E-state index is 6.16. The van der Waals surface area contributed by atoms with Crippen molar-refractivity contribution in [2.24, 2.45) is 5.92 Å². The van der Waals surface area contributed by atoms with Crippen molar-refractivity contribution in [2.75, 3.05) is 0 Å². The fourth-order valence-electron chi connectivity index (χ4n) is 3.09. The molecule has 0 aliphatic rings. The second-order valence-electron chi connectivity index (χ2n) is 8.43. The van der Waals surface area contributed by atoms with Crippen molar-refractivity contribution < 1.29 is 4.74 Å². The van der Waals surface area contributed by atoms with Crippen molar-refractivity contribution in [3.63, 3.8) is 0 Å². The Kier molecular flexibility index (Phi) is 5.59. The lowest BCUT2D eigenvalue weighted by Crippen LogP contribution is -2.21. The summed E-state index contributed by atoms with van der Waals surface area (Å²) in [5, 5.41) is 5.57. The number of hydrogen-bond donors (Lipinski definition) is 0. The lowest BCUT2D eigenvalue weighted by Gasteiger charge is -2.22. The standard InChI is InChI=1S/C22H28ClN3O/c1-14(2)10-20-18(13-27-22(4,5)6)15(3)24-21-12-19(25-26(20)21)16-8-7-9-17(23)11-16/h7-9,11-12,14H,10,13H2,1-6H3. The molecule has 0 amide bonds. The van der Waals surface area contributed by atoms with E-state index >= 15 is 0 Å². The molecule has 0 atom stereocenters. The molecular formula is C22H28ClN3O. The van der Waals surface area contributed by atoms with E-state index in [-0.39, 0.29) is 5.60 Å². The van der Waals surface area contributed by atoms with E-state index in [4.69, 9.17) is 26.4 Å². The monoisotopic (exact) mass is 385 g/mol. The van der Waals surface area contributed by atoms with Crippen LogP contribution in [0, 0.1) is 12.8 Å². The third-order valence-electron chi connectivity index (χ3n) is 4.39. The van der Waals surface area contributed by atoms with E-state index in [1.165, 1.54) is 5.69 Å². The zero-order valence-electron chi connectivity index (χ0n) is 17.0. The van der Waals surface area contributed by atoms with Gasteiger partial charge >= 0.3 is 0 Å². The van der Waals surface area contributed by atoms with Crippen LogP contribution in [-0.2, 0) is 17.8 Å². The Labute approximate surface area is 166 Å². The molecule has 0 radical (unpaired) electrons. The number of rotatable bonds is 5. The molecule has 3 aromatic rings. The number of aromatic nitrogens is 3. The number of benzene rings is 1. The van der Waals surface area contributed by atoms with Crippen LogP contribution in [0.4, 0.5) is 0 Å². The Balaban J connectivity index is 2.13. The van der Waals surface area contributed by atoms with E-state index in [1.807, 2.05) is 34.8 Å². The molecule has 0 spiro atoms. The number of aryl methyl sites for hydroxylation is 1. The van der Waals surface area contributed by atoms with Crippen molar-refractivity contribution in [1.29, 1.82) is 0 Å². The summed E-state index contributed by atoms with van der Waals surface area (Å²) in [6.45, 7) is 13.2. The van der Waals surface area contributed by atoms with Crippen molar-refractivity contribution in [1.82, 2.24) is 14.6 Å². The third-order valence-corrected chi connectivity index (χ3v) is 4.62. The first-order chi connectivity index (χ1) is 12.6. The summed E-state index contributed by atoms with van der Waals surface area (Å²) in [6, 6.07) is 9.79. The quantitative estimate of drug-likeness (QED) is 0.551. The Morgan fingerprint density at radius 2 is 1.93 bits per heavy atom. The van der Waals surface area contributed by atoms with Crippen LogP contribution < -0.4 is 0 Å². The number of fused-ring (bicyclic) bond motifs is 1. The van der Waals surface area contributed by atoms with Crippen LogP contribution in [0.5, 0.6) is 0 Å². The number of ether oxygens (including phenoxy) is 1. The number of hydrogen-bond acceptors (Lipinski definition) is 3. The molecule has 0 N–H and O–H groups in total. The van der Waals surface area contributed by atoms with Gasteiger partial charge in [-0.2, -0.15) is 5.10 Å². The highest BCUT2D eigenvalue weighted by Gasteiger charge is 2.19. The summed E-state index contributed by atoms with van der Waals surface area (Å²) in [6.07, 6.45) is 0.916. The van der Waals surface area contributed by atoms with Gasteiger partial charge in [0, 0.05) is 27.9 Å². The first-order valence-electron chi connectivity index (χ1n) is 9.42. The molecule has 0 bridgehead atoms. The van der Waals surface area contributed by atoms with Crippen LogP contribution >= 0.6 is 11.6 Å². The van der Waals surface area contributed by atoms with Gasteiger partial charge in [-0.1, -0.05) is 37.6 Å². The minimum atomic E-state index is -0.202. The van der Waals surface area contributed by atoms with Crippen LogP contribution in [0.3, 0.4) is 0 Å². The fraction of sp³-hybridized carbons (Fsp3) is 0.455. The highest BCUT2D eigenvalue weighted by Crippen LogP contribution is 2.26. The van der Waals surface area contributed by atoms with Crippen molar-refractivity contribution in [3.05, 3.63) is 52.3 Å². The number of halogens is 1. The summed E-state index contributed by atoms with van der Waals surface area (Å²) >= 11 is 6.16. The van der Waals surface area contributed by atoms with E-state index in [1.54, 1.807) is 0 Å². The molecular weight excluding hydrogens is 358 g/mol. The van der Waals surface area contributed by atoms with Gasteiger partial charge < -0.3 is 4.74 Å². The Morgan fingerprint density at radius 3 is 2.56 bits per heavy atom. The van der Waals surface area contributed by atoms with Gasteiger partial charge in [-0.25, -0.2) is 9.50 Å². The highest BCUT2D eigenvalue weighted by atomic mass is 35.5. The van der Waals surface area contributed by atoms with Gasteiger partial charge in [0.05, 0.1) is 23.6 Å². The van der Waals surface area contributed by atoms with Gasteiger partial charge in [-0.3, -0.25) is 0 Å². The molecule has 5 heteroatoms. The molecule has 27 heavy (non-hydrogen) atoms. The molecule has 3 rings (SSSR count). The van der Waals surface area contributed by atoms with Gasteiger partial charge in [-0.15, -0.1) is 0 Å². The Bertz CT molecular complexity index is 954. The summed E-state index contributed by atoms with van der Waals surface area (Å²) in [4.78, 5) is 4.80. The van der Waals surface area contributed by atoms with E-state index < -0.39 is 0 Å². The smallest absolute Gasteiger partial charge is 0.156 e. The molecule has 0 aliphatic heterocycles. The largest absolute Gasteiger partial charge is 0.371 e. The topological polar surface area (TPSA) is 39.4 Å². The van der Waals surface area contributed by atoms with E-state index in [2.05, 4.69) is 41.5 Å². The molecule has 1 aromatic carbocycles. The van der Waals surface area contributed by atoms with E-state index in [0.29, 0.717) is 17.5 Å². The maximum absolute atomic E-state index is 6.16. The molecule has 2 heterocycles. The lowest BCUT2D eigenvalue weighted by atomic mass is 10.0. The molecule has 0 unspecified atom stereocenters. The summed E-state index contributed by atoms with van der Waals surface area (Å²) in [5.41, 5.74) is 5.83. The second-order valence-corrected chi connectivity index (χ2v) is 8.87. The predicted molar refractivity (Wildman–Crippen MR) is 111 cm³/mol. The number of nitrogens with zero attached hydrogens (tertiary/aromatic N) is 3. The minimum absolute atomic E-state index is 0.202. The lowest BCUT2D eigenvalue weighted by molar-refractivity contribution is -0.0158. The van der Waals surface area contributed by atoms with Crippen LogP contribution in [0.25, 0.3) is 16.9 Å². The van der Waals surface area contributed by atoms with Gasteiger partial charge in [-0.05, 0) is 52.2 Å². The van der Waals surface area contributed by atoms with Gasteiger partial charge in [0.1, 0.15) is 0 Å². The van der Waals surface area contributed by atoms with Crippen LogP contribution in [-0.4, -0.2) is 20.2 Å². The maximum Gasteiger partial charge on any atom is 0.156 e. The molecule has 0 saturated carbocycles. The second kappa shape index (κ2) is 7.61. The molecule has 0 fully saturated rings. The van der Waals surface area contributed by atoms with Crippen molar-refractivity contribution in [2.45, 2.75) is 60.2 Å². The average molecular weight is 386 g/mol. The van der Waals surface area contributed by atoms with E-state index in [9.17, 15) is 0 Å². The zero-order chi connectivity index (χ0) is 19.8. The Morgan fingerprint density at radius 1 is 1.19 bits per heavy atom. The van der Waals surface area contributed by atoms with Crippen molar-refractivity contribution in [3.8, 4) is 11.3 Å². The third kappa shape index (κ3) is 4.69. The van der Waals surface area contributed by atoms with Crippen LogP contribution in [0.1, 0.15) is 51.6 Å². The van der Waals surface area contributed by atoms with Crippen LogP contribution in [0.2, 0.25) is 5.02 Å². The average Bonchev–Trinajstić information content (AvgIpc) is 2.96.